The molecule has 258 valence electrons. The van der Waals surface area contributed by atoms with E-state index in [9.17, 15) is 4.79 Å². The Hall–Kier alpha value is -4.71. The second-order valence-corrected chi connectivity index (χ2v) is 12.2. The molecule has 11 nitrogen and oxygen atoms in total. The molecule has 0 spiro atoms. The second kappa shape index (κ2) is 16.1. The summed E-state index contributed by atoms with van der Waals surface area (Å²) in [7, 11) is 3.19. The maximum atomic E-state index is 10.8. The molecular weight excluding hydrogens is 624 g/mol. The molecule has 2 aliphatic carbocycles. The third-order valence-corrected chi connectivity index (χ3v) is 9.12. The number of rotatable bonds is 17. The van der Waals surface area contributed by atoms with Gasteiger partial charge in [0.15, 0.2) is 0 Å². The minimum absolute atomic E-state index is 0.0711. The first kappa shape index (κ1) is 34.2. The number of ether oxygens (including phenoxy) is 4. The van der Waals surface area contributed by atoms with Gasteiger partial charge >= 0.3 is 5.97 Å². The van der Waals surface area contributed by atoms with Crippen LogP contribution in [0, 0.1) is 0 Å². The van der Waals surface area contributed by atoms with Crippen molar-refractivity contribution in [1.82, 2.24) is 20.6 Å². The summed E-state index contributed by atoms with van der Waals surface area (Å²) in [5, 5.41) is 24.3. The van der Waals surface area contributed by atoms with Crippen LogP contribution < -0.4 is 29.6 Å². The molecule has 0 unspecified atom stereocenters. The Morgan fingerprint density at radius 2 is 1.27 bits per heavy atom. The van der Waals surface area contributed by atoms with Crippen LogP contribution in [0.1, 0.15) is 71.3 Å². The molecule has 2 heterocycles. The Morgan fingerprint density at radius 1 is 0.755 bits per heavy atom. The summed E-state index contributed by atoms with van der Waals surface area (Å²) >= 11 is 0. The van der Waals surface area contributed by atoms with Gasteiger partial charge in [-0.1, -0.05) is 36.4 Å². The number of carboxylic acid groups (broad SMARTS) is 1. The quantitative estimate of drug-likeness (QED) is 0.108. The Morgan fingerprint density at radius 3 is 1.73 bits per heavy atom. The highest BCUT2D eigenvalue weighted by Gasteiger charge is 2.31. The number of nitrogens with zero attached hydrogens (tertiary/aromatic N) is 2. The highest BCUT2D eigenvalue weighted by molar-refractivity contribution is 5.75. The van der Waals surface area contributed by atoms with Crippen LogP contribution in [0.5, 0.6) is 23.5 Å². The molecule has 0 bridgehead atoms. The number of hydrogen-bond acceptors (Lipinski definition) is 10. The average Bonchev–Trinajstić information content (AvgIpc) is 3.73. The highest BCUT2D eigenvalue weighted by Crippen LogP contribution is 2.45. The molecule has 2 aliphatic rings. The van der Waals surface area contributed by atoms with Crippen LogP contribution in [0.15, 0.2) is 60.7 Å². The number of aliphatic carboxylic acids is 1. The maximum Gasteiger partial charge on any atom is 0.303 e. The van der Waals surface area contributed by atoms with Gasteiger partial charge in [-0.05, 0) is 84.2 Å². The van der Waals surface area contributed by atoms with Crippen LogP contribution in [0.3, 0.4) is 0 Å². The van der Waals surface area contributed by atoms with E-state index in [1.54, 1.807) is 14.2 Å². The topological polar surface area (TPSA) is 144 Å². The number of aromatic nitrogens is 2. The molecule has 0 amide bonds. The molecule has 0 saturated carbocycles. The fraction of sp³-hybridized carbons (Fsp3) is 0.395. The molecule has 2 aromatic heterocycles. The van der Waals surface area contributed by atoms with Gasteiger partial charge in [-0.2, -0.15) is 9.97 Å². The van der Waals surface area contributed by atoms with Gasteiger partial charge < -0.3 is 39.8 Å². The van der Waals surface area contributed by atoms with Crippen molar-refractivity contribution in [3.63, 3.8) is 0 Å². The van der Waals surface area contributed by atoms with E-state index in [1.807, 2.05) is 24.3 Å². The normalized spacial score (nSPS) is 16.2. The van der Waals surface area contributed by atoms with Crippen molar-refractivity contribution in [2.45, 2.75) is 63.8 Å². The van der Waals surface area contributed by atoms with E-state index in [0.29, 0.717) is 56.1 Å². The minimum Gasteiger partial charge on any atom is -0.481 e. The van der Waals surface area contributed by atoms with Crippen molar-refractivity contribution < 1.29 is 34.0 Å². The number of hydrogen-bond donors (Lipinski definition) is 4. The van der Waals surface area contributed by atoms with Crippen LogP contribution in [0.4, 0.5) is 0 Å². The third-order valence-electron chi connectivity index (χ3n) is 9.12. The number of carboxylic acids is 1. The fourth-order valence-electron chi connectivity index (χ4n) is 6.82. The number of aliphatic hydroxyl groups is 1. The van der Waals surface area contributed by atoms with E-state index in [1.165, 1.54) is 33.4 Å². The third kappa shape index (κ3) is 7.96. The standard InChI is InChI=1S/C38H44N4O7/c1-46-37-24(22-39-19-5-10-36(44)45)11-17-34(41-37)48-32-15-13-28-26(6-3-8-30(28)32)27-7-4-9-31-29(27)14-16-33(31)49-35-18-12-25(23-40-20-21-43)38(42-35)47-2/h3-4,6-9,11-12,17-18,32-33,39-40,43H,5,10,13-16,19-23H2,1-2H3,(H,44,45)/t32-,33-/m0/s1. The predicted molar refractivity (Wildman–Crippen MR) is 184 cm³/mol. The zero-order valence-corrected chi connectivity index (χ0v) is 28.0. The minimum atomic E-state index is -0.795. The predicted octanol–water partition coefficient (Wildman–Crippen LogP) is 5.33. The lowest BCUT2D eigenvalue weighted by molar-refractivity contribution is -0.137. The van der Waals surface area contributed by atoms with Crippen molar-refractivity contribution in [3.05, 3.63) is 94.0 Å². The summed E-state index contributed by atoms with van der Waals surface area (Å²) in [6.45, 7) is 2.24. The lowest BCUT2D eigenvalue weighted by Crippen LogP contribution is -2.18. The van der Waals surface area contributed by atoms with Gasteiger partial charge in [-0.3, -0.25) is 4.79 Å². The first-order valence-electron chi connectivity index (χ1n) is 16.9. The molecule has 0 aliphatic heterocycles. The Bertz CT molecular complexity index is 1760. The molecule has 11 heteroatoms. The monoisotopic (exact) mass is 668 g/mol. The second-order valence-electron chi connectivity index (χ2n) is 12.2. The van der Waals surface area contributed by atoms with Gasteiger partial charge in [-0.25, -0.2) is 0 Å². The molecule has 0 saturated heterocycles. The first-order chi connectivity index (χ1) is 24.0. The zero-order valence-electron chi connectivity index (χ0n) is 28.0. The van der Waals surface area contributed by atoms with Crippen LogP contribution in [-0.2, 0) is 30.7 Å². The lowest BCUT2D eigenvalue weighted by atomic mass is 9.91. The summed E-state index contributed by atoms with van der Waals surface area (Å²) in [4.78, 5) is 20.0. The van der Waals surface area contributed by atoms with Gasteiger partial charge in [0.1, 0.15) is 12.2 Å². The number of methoxy groups -OCH3 is 2. The molecular formula is C38H44N4O7. The van der Waals surface area contributed by atoms with Crippen molar-refractivity contribution in [2.24, 2.45) is 0 Å². The van der Waals surface area contributed by atoms with Crippen molar-refractivity contribution in [3.8, 4) is 34.6 Å². The van der Waals surface area contributed by atoms with Gasteiger partial charge in [0.05, 0.1) is 20.8 Å². The number of carbonyl (C=O) groups is 1. The summed E-state index contributed by atoms with van der Waals surface area (Å²) in [6, 6.07) is 20.6. The van der Waals surface area contributed by atoms with Crippen molar-refractivity contribution >= 4 is 5.97 Å². The van der Waals surface area contributed by atoms with Crippen LogP contribution in [0.25, 0.3) is 11.1 Å². The van der Waals surface area contributed by atoms with E-state index >= 15 is 0 Å². The van der Waals surface area contributed by atoms with Crippen LogP contribution in [-0.4, -0.2) is 60.1 Å². The SMILES string of the molecule is COc1nc(O[C@H]2CCc3c(-c4cccc5c4CC[C@@H]5Oc4ccc(CNCCCC(=O)O)c(OC)n4)cccc32)ccc1CNCCO. The Balaban J connectivity index is 1.15. The zero-order chi connectivity index (χ0) is 34.2. The summed E-state index contributed by atoms with van der Waals surface area (Å²) in [5.74, 6) is 1.24. The van der Waals surface area contributed by atoms with E-state index in [0.717, 1.165) is 36.8 Å². The smallest absolute Gasteiger partial charge is 0.303 e. The van der Waals surface area contributed by atoms with E-state index in [4.69, 9.17) is 29.2 Å². The molecule has 4 aromatic rings. The Kier molecular flexibility index (Phi) is 11.2. The largest absolute Gasteiger partial charge is 0.481 e. The van der Waals surface area contributed by atoms with Gasteiger partial charge in [0, 0.05) is 49.3 Å². The fourth-order valence-corrected chi connectivity index (χ4v) is 6.82. The molecule has 2 aromatic carbocycles. The van der Waals surface area contributed by atoms with Gasteiger partial charge in [-0.15, -0.1) is 0 Å². The average molecular weight is 669 g/mol. The highest BCUT2D eigenvalue weighted by atomic mass is 16.5. The maximum absolute atomic E-state index is 10.8. The molecule has 49 heavy (non-hydrogen) atoms. The molecule has 2 atom stereocenters. The van der Waals surface area contributed by atoms with Crippen molar-refractivity contribution in [2.75, 3.05) is 33.9 Å². The van der Waals surface area contributed by atoms with Crippen molar-refractivity contribution in [1.29, 1.82) is 0 Å². The molecule has 6 rings (SSSR count). The lowest BCUT2D eigenvalue weighted by Gasteiger charge is -2.18. The number of fused-ring (bicyclic) bond motifs is 2. The first-order valence-corrected chi connectivity index (χ1v) is 16.9. The number of nitrogens with one attached hydrogen (secondary N) is 2. The van der Waals surface area contributed by atoms with E-state index in [-0.39, 0.29) is 25.2 Å². The Labute approximate surface area is 286 Å². The number of benzene rings is 2. The molecule has 0 radical (unpaired) electrons. The molecule has 4 N–H and O–H groups in total. The number of aliphatic hydroxyl groups excluding tert-OH is 1. The van der Waals surface area contributed by atoms with Gasteiger partial charge in [0.25, 0.3) is 0 Å². The molecule has 0 fully saturated rings. The summed E-state index contributed by atoms with van der Waals surface area (Å²) in [5.41, 5.74) is 9.23. The van der Waals surface area contributed by atoms with Gasteiger partial charge in [0.2, 0.25) is 23.5 Å². The van der Waals surface area contributed by atoms with Crippen LogP contribution >= 0.6 is 0 Å². The van der Waals surface area contributed by atoms with E-state index < -0.39 is 5.97 Å². The number of pyridine rings is 2. The van der Waals surface area contributed by atoms with Crippen LogP contribution in [0.2, 0.25) is 0 Å². The summed E-state index contributed by atoms with van der Waals surface area (Å²) in [6.07, 6.45) is 3.98. The van der Waals surface area contributed by atoms with E-state index in [2.05, 4.69) is 57.0 Å². The summed E-state index contributed by atoms with van der Waals surface area (Å²) < 4.78 is 24.0.